The van der Waals surface area contributed by atoms with Crippen LogP contribution in [0.15, 0.2) is 97.2 Å². The zero-order chi connectivity index (χ0) is 56.9. The molecule has 0 aromatic carbocycles. The Labute approximate surface area is 480 Å². The van der Waals surface area contributed by atoms with Gasteiger partial charge in [-0.1, -0.05) is 252 Å². The first kappa shape index (κ1) is 74.2. The van der Waals surface area contributed by atoms with Crippen molar-refractivity contribution in [2.75, 3.05) is 47.5 Å². The second-order valence-corrected chi connectivity index (χ2v) is 22.3. The van der Waals surface area contributed by atoms with Crippen molar-refractivity contribution >= 4 is 17.9 Å². The first-order valence-electron chi connectivity index (χ1n) is 31.9. The van der Waals surface area contributed by atoms with Gasteiger partial charge in [0, 0.05) is 12.8 Å². The summed E-state index contributed by atoms with van der Waals surface area (Å²) in [6.45, 7) is 4.77. The van der Waals surface area contributed by atoms with Gasteiger partial charge in [-0.15, -0.1) is 0 Å². The minimum Gasteiger partial charge on any atom is -0.477 e. The monoisotopic (exact) mass is 1090 g/mol. The highest BCUT2D eigenvalue weighted by Crippen LogP contribution is 2.16. The van der Waals surface area contributed by atoms with Gasteiger partial charge in [0.1, 0.15) is 13.2 Å². The van der Waals surface area contributed by atoms with Gasteiger partial charge >= 0.3 is 17.9 Å². The quantitative estimate of drug-likeness (QED) is 0.0211. The Balaban J connectivity index is 4.15. The van der Waals surface area contributed by atoms with Crippen LogP contribution < -0.4 is 0 Å². The van der Waals surface area contributed by atoms with E-state index in [1.54, 1.807) is 0 Å². The average Bonchev–Trinajstić information content (AvgIpc) is 3.41. The minimum absolute atomic E-state index is 0.184. The van der Waals surface area contributed by atoms with E-state index in [1.165, 1.54) is 148 Å². The number of hydrogen-bond donors (Lipinski definition) is 1. The fourth-order valence-corrected chi connectivity index (χ4v) is 8.70. The molecule has 0 radical (unpaired) electrons. The Morgan fingerprint density at radius 2 is 0.731 bits per heavy atom. The van der Waals surface area contributed by atoms with E-state index in [2.05, 4.69) is 111 Å². The molecule has 0 saturated carbocycles. The van der Waals surface area contributed by atoms with Crippen LogP contribution in [0.2, 0.25) is 0 Å². The number of rotatable bonds is 58. The molecule has 0 bridgehead atoms. The summed E-state index contributed by atoms with van der Waals surface area (Å²) in [5.74, 6) is -2.01. The zero-order valence-electron chi connectivity index (χ0n) is 51.1. The van der Waals surface area contributed by atoms with Crippen molar-refractivity contribution < 1.29 is 42.9 Å². The molecule has 2 unspecified atom stereocenters. The summed E-state index contributed by atoms with van der Waals surface area (Å²) in [6.07, 6.45) is 77.8. The lowest BCUT2D eigenvalue weighted by molar-refractivity contribution is -0.870. The number of hydrogen-bond acceptors (Lipinski definition) is 7. The maximum absolute atomic E-state index is 12.9. The molecule has 2 atom stereocenters. The number of aliphatic carboxylic acids is 1. The topological polar surface area (TPSA) is 108 Å². The number of carboxylic acid groups (broad SMARTS) is 1. The van der Waals surface area contributed by atoms with Crippen molar-refractivity contribution in [3.63, 3.8) is 0 Å². The van der Waals surface area contributed by atoms with Gasteiger partial charge in [-0.05, 0) is 96.3 Å². The molecule has 0 aromatic heterocycles. The number of unbranched alkanes of at least 4 members (excludes halogenated alkanes) is 27. The summed E-state index contributed by atoms with van der Waals surface area (Å²) < 4.78 is 22.9. The minimum atomic E-state index is -1.51. The van der Waals surface area contributed by atoms with Gasteiger partial charge in [0.2, 0.25) is 0 Å². The molecule has 448 valence electrons. The van der Waals surface area contributed by atoms with Crippen LogP contribution in [0.4, 0.5) is 0 Å². The van der Waals surface area contributed by atoms with Crippen molar-refractivity contribution in [2.45, 2.75) is 277 Å². The normalized spacial score (nSPS) is 13.4. The van der Waals surface area contributed by atoms with Gasteiger partial charge in [0.15, 0.2) is 6.10 Å². The maximum atomic E-state index is 12.9. The average molecular weight is 1090 g/mol. The number of carbonyl (C=O) groups excluding carboxylic acids is 2. The van der Waals surface area contributed by atoms with E-state index in [0.717, 1.165) is 83.5 Å². The van der Waals surface area contributed by atoms with Crippen LogP contribution in [0.25, 0.3) is 0 Å². The van der Waals surface area contributed by atoms with Crippen LogP contribution in [0.3, 0.4) is 0 Å². The van der Waals surface area contributed by atoms with Crippen LogP contribution >= 0.6 is 0 Å². The molecule has 9 heteroatoms. The van der Waals surface area contributed by atoms with Crippen LogP contribution in [-0.4, -0.2) is 87.4 Å². The smallest absolute Gasteiger partial charge is 0.361 e. The molecule has 0 aliphatic carbocycles. The fourth-order valence-electron chi connectivity index (χ4n) is 8.70. The molecular weight excluding hydrogens is 971 g/mol. The van der Waals surface area contributed by atoms with Crippen molar-refractivity contribution in [1.82, 2.24) is 0 Å². The summed E-state index contributed by atoms with van der Waals surface area (Å²) in [7, 11) is 5.97. The van der Waals surface area contributed by atoms with Gasteiger partial charge in [-0.2, -0.15) is 0 Å². The first-order valence-corrected chi connectivity index (χ1v) is 31.9. The van der Waals surface area contributed by atoms with E-state index in [0.29, 0.717) is 23.9 Å². The predicted octanol–water partition coefficient (Wildman–Crippen LogP) is 19.3. The van der Waals surface area contributed by atoms with Crippen molar-refractivity contribution in [3.05, 3.63) is 97.2 Å². The number of quaternary nitrogens is 1. The lowest BCUT2D eigenvalue weighted by atomic mass is 10.0. The Kier molecular flexibility index (Phi) is 56.5. The van der Waals surface area contributed by atoms with Gasteiger partial charge in [-0.3, -0.25) is 9.59 Å². The molecule has 0 aromatic rings. The Hall–Kier alpha value is -3.79. The molecule has 0 saturated heterocycles. The molecule has 1 N–H and O–H groups in total. The molecule has 0 aliphatic heterocycles. The van der Waals surface area contributed by atoms with E-state index in [9.17, 15) is 19.5 Å². The largest absolute Gasteiger partial charge is 0.477 e. The molecule has 0 rings (SSSR count). The van der Waals surface area contributed by atoms with Crippen molar-refractivity contribution in [2.24, 2.45) is 0 Å². The Morgan fingerprint density at radius 3 is 1.10 bits per heavy atom. The molecule has 0 aliphatic rings. The Bertz CT molecular complexity index is 1600. The van der Waals surface area contributed by atoms with E-state index in [-0.39, 0.29) is 32.2 Å². The lowest BCUT2D eigenvalue weighted by Gasteiger charge is -2.25. The van der Waals surface area contributed by atoms with Crippen LogP contribution in [-0.2, 0) is 33.3 Å². The van der Waals surface area contributed by atoms with E-state index in [1.807, 2.05) is 21.1 Å². The third-order valence-electron chi connectivity index (χ3n) is 13.6. The molecule has 0 heterocycles. The second kappa shape index (κ2) is 59.3. The summed E-state index contributed by atoms with van der Waals surface area (Å²) in [6, 6.07) is 0. The van der Waals surface area contributed by atoms with E-state index in [4.69, 9.17) is 18.9 Å². The number of ether oxygens (including phenoxy) is 4. The lowest BCUT2D eigenvalue weighted by Crippen LogP contribution is -2.40. The number of allylic oxidation sites excluding steroid dienone is 16. The molecule has 9 nitrogen and oxygen atoms in total. The van der Waals surface area contributed by atoms with Crippen LogP contribution in [0.5, 0.6) is 0 Å². The van der Waals surface area contributed by atoms with Crippen LogP contribution in [0, 0.1) is 0 Å². The second-order valence-electron chi connectivity index (χ2n) is 22.3. The van der Waals surface area contributed by atoms with Crippen molar-refractivity contribution in [3.8, 4) is 0 Å². The molecule has 78 heavy (non-hydrogen) atoms. The van der Waals surface area contributed by atoms with Crippen molar-refractivity contribution in [1.29, 1.82) is 0 Å². The maximum Gasteiger partial charge on any atom is 0.361 e. The molecule has 0 amide bonds. The molecular formula is C69H120NO8+. The number of nitrogens with zero attached hydrogens (tertiary/aromatic N) is 1. The summed E-state index contributed by atoms with van der Waals surface area (Å²) in [5.41, 5.74) is 0. The highest BCUT2D eigenvalue weighted by Gasteiger charge is 2.25. The zero-order valence-corrected chi connectivity index (χ0v) is 51.1. The summed E-state index contributed by atoms with van der Waals surface area (Å²) in [5, 5.41) is 9.72. The molecule has 0 spiro atoms. The standard InChI is InChI=1S/C69H119NO8/c1-6-8-10-12-14-16-18-20-22-24-26-27-28-29-30-31-32-33-34-35-36-37-38-39-40-41-42-44-46-48-50-52-54-56-58-60-67(72)78-65(64-77-69(68(73)74)75-62-61-70(3,4)5)63-76-66(71)59-57-55-53-51-49-47-45-43-25-23-21-19-17-15-13-11-9-7-2/h8,10,14,16,20,22-23,25-27,29-30,32-33,35-36,65,69H,6-7,9,11-13,15,17-19,21,24,28,31,34,37-64H2,1-5H3/p+1/b10-8-,16-14-,22-20-,25-23-,27-26-,30-29-,33-32-,36-35-. The summed E-state index contributed by atoms with van der Waals surface area (Å²) >= 11 is 0. The number of carboxylic acids is 1. The third kappa shape index (κ3) is 59.9. The van der Waals surface area contributed by atoms with Gasteiger partial charge in [0.05, 0.1) is 34.4 Å². The predicted molar refractivity (Wildman–Crippen MR) is 332 cm³/mol. The van der Waals surface area contributed by atoms with Gasteiger partial charge in [0.25, 0.3) is 6.29 Å². The van der Waals surface area contributed by atoms with E-state index >= 15 is 0 Å². The highest BCUT2D eigenvalue weighted by molar-refractivity contribution is 5.71. The fraction of sp³-hybridized carbons (Fsp3) is 0.725. The molecule has 0 fully saturated rings. The summed E-state index contributed by atoms with van der Waals surface area (Å²) in [4.78, 5) is 37.5. The third-order valence-corrected chi connectivity index (χ3v) is 13.6. The number of carbonyl (C=O) groups is 3. The van der Waals surface area contributed by atoms with Gasteiger partial charge < -0.3 is 28.5 Å². The first-order chi connectivity index (χ1) is 38.1. The van der Waals surface area contributed by atoms with E-state index < -0.39 is 24.3 Å². The number of esters is 2. The van der Waals surface area contributed by atoms with Crippen LogP contribution in [0.1, 0.15) is 264 Å². The number of likely N-dealkylation sites (N-methyl/N-ethyl adjacent to an activating group) is 1. The highest BCUT2D eigenvalue weighted by atomic mass is 16.7. The SMILES string of the molecule is CC/C=C\C/C=C\C/C=C\C/C=C\C/C=C\C/C=C\C/C=C\CCCCCCCCCCCCCCCC(=O)OC(COC(=O)CCCCCCCCC/C=C\CCCCCCCCC)COC(OCC[N+](C)(C)C)C(=O)O. The van der Waals surface area contributed by atoms with Gasteiger partial charge in [-0.25, -0.2) is 4.79 Å². The Morgan fingerprint density at radius 1 is 0.397 bits per heavy atom.